The molecule has 16 heteroatoms. The Bertz CT molecular complexity index is 1240. The molecule has 1 aliphatic rings. The minimum absolute atomic E-state index is 0.0176. The number of carbonyl (C=O) groups excluding carboxylic acids is 2. The first-order valence-electron chi connectivity index (χ1n) is 13.5. The van der Waals surface area contributed by atoms with Crippen LogP contribution in [0.4, 0.5) is 5.82 Å². The number of rotatable bonds is 15. The summed E-state index contributed by atoms with van der Waals surface area (Å²) in [7, 11) is -3.98. The quantitative estimate of drug-likeness (QED) is 0.150. The number of aliphatic hydroxyl groups is 1. The zero-order valence-electron chi connectivity index (χ0n) is 24.3. The molecule has 14 nitrogen and oxygen atoms in total. The van der Waals surface area contributed by atoms with Gasteiger partial charge in [-0.05, 0) is 47.5 Å². The lowest BCUT2D eigenvalue weighted by Crippen LogP contribution is -2.36. The maximum atomic E-state index is 13.6. The summed E-state index contributed by atoms with van der Waals surface area (Å²) in [6.45, 7) is 9.88. The predicted octanol–water partition coefficient (Wildman–Crippen LogP) is 3.07. The van der Waals surface area contributed by atoms with Gasteiger partial charge in [-0.3, -0.25) is 23.2 Å². The summed E-state index contributed by atoms with van der Waals surface area (Å²) in [6, 6.07) is -0.970. The first-order valence-corrected chi connectivity index (χ1v) is 16.0. The Morgan fingerprint density at radius 2 is 1.98 bits per heavy atom. The van der Waals surface area contributed by atoms with Gasteiger partial charge in [-0.25, -0.2) is 24.6 Å². The van der Waals surface area contributed by atoms with Crippen molar-refractivity contribution < 1.29 is 37.8 Å². The standard InChI is InChI=1S/C25H41N6O8PS/c1-15(2)38-23(33)17(4)30-40(35,37-9-10-41-24(34)25(5,6)12-32)36-8-7-18-11-16(3)22(39-18)31-14-29-19-20(26)27-13-28-21(19)31/h13-18,22,32H,7-12H2,1-6H3,(H,30,35)(H2,26,27,28). The van der Waals surface area contributed by atoms with Gasteiger partial charge in [0.25, 0.3) is 0 Å². The van der Waals surface area contributed by atoms with Gasteiger partial charge in [-0.15, -0.1) is 0 Å². The monoisotopic (exact) mass is 616 g/mol. The van der Waals surface area contributed by atoms with Crippen molar-refractivity contribution in [3.05, 3.63) is 12.7 Å². The number of hydrogen-bond acceptors (Lipinski definition) is 13. The molecule has 1 aliphatic heterocycles. The number of fused-ring (bicyclic) bond motifs is 1. The maximum absolute atomic E-state index is 13.6. The number of nitrogens with one attached hydrogen (secondary N) is 1. The average molecular weight is 617 g/mol. The number of esters is 1. The first-order chi connectivity index (χ1) is 19.3. The summed E-state index contributed by atoms with van der Waals surface area (Å²) in [5, 5.41) is 11.8. The van der Waals surface area contributed by atoms with E-state index in [1.807, 2.05) is 4.57 Å². The van der Waals surface area contributed by atoms with E-state index in [0.29, 0.717) is 29.8 Å². The molecule has 230 valence electrons. The second-order valence-electron chi connectivity index (χ2n) is 10.9. The van der Waals surface area contributed by atoms with Crippen molar-refractivity contribution in [1.82, 2.24) is 24.6 Å². The first kappa shape index (κ1) is 33.4. The number of anilines is 1. The number of nitrogens with two attached hydrogens (primary N) is 1. The van der Waals surface area contributed by atoms with Crippen LogP contribution in [-0.2, 0) is 32.7 Å². The molecule has 41 heavy (non-hydrogen) atoms. The van der Waals surface area contributed by atoms with Crippen LogP contribution in [0.1, 0.15) is 60.6 Å². The molecule has 2 aromatic rings. The third kappa shape index (κ3) is 8.93. The highest BCUT2D eigenvalue weighted by Gasteiger charge is 2.36. The van der Waals surface area contributed by atoms with Crippen LogP contribution in [0.3, 0.4) is 0 Å². The van der Waals surface area contributed by atoms with Gasteiger partial charge in [0.05, 0.1) is 43.8 Å². The largest absolute Gasteiger partial charge is 0.462 e. The van der Waals surface area contributed by atoms with E-state index in [2.05, 4.69) is 27.0 Å². The van der Waals surface area contributed by atoms with Crippen LogP contribution in [0.5, 0.6) is 0 Å². The lowest BCUT2D eigenvalue weighted by molar-refractivity contribution is -0.149. The highest BCUT2D eigenvalue weighted by atomic mass is 32.2. The molecule has 1 saturated heterocycles. The number of hydrogen-bond donors (Lipinski definition) is 3. The van der Waals surface area contributed by atoms with E-state index in [0.717, 1.165) is 11.8 Å². The summed E-state index contributed by atoms with van der Waals surface area (Å²) in [4.78, 5) is 37.2. The molecule has 3 heterocycles. The Morgan fingerprint density at radius 1 is 1.27 bits per heavy atom. The molecular formula is C25H41N6O8PS. The second kappa shape index (κ2) is 14.4. The molecule has 1 fully saturated rings. The zero-order valence-corrected chi connectivity index (χ0v) is 26.0. The van der Waals surface area contributed by atoms with Crippen molar-refractivity contribution in [1.29, 1.82) is 0 Å². The summed E-state index contributed by atoms with van der Waals surface area (Å²) in [6.07, 6.45) is 3.23. The van der Waals surface area contributed by atoms with Crippen LogP contribution in [0.15, 0.2) is 12.7 Å². The van der Waals surface area contributed by atoms with Gasteiger partial charge >= 0.3 is 13.7 Å². The third-order valence-electron chi connectivity index (χ3n) is 6.40. The van der Waals surface area contributed by atoms with Gasteiger partial charge < -0.3 is 20.3 Å². The number of imidazole rings is 1. The van der Waals surface area contributed by atoms with Gasteiger partial charge in [0.1, 0.15) is 24.1 Å². The number of nitrogen functional groups attached to an aromatic ring is 1. The van der Waals surface area contributed by atoms with Crippen LogP contribution < -0.4 is 10.8 Å². The summed E-state index contributed by atoms with van der Waals surface area (Å²) in [5.41, 5.74) is 6.09. The third-order valence-corrected chi connectivity index (χ3v) is 9.33. The fourth-order valence-electron chi connectivity index (χ4n) is 4.09. The fourth-order valence-corrected chi connectivity index (χ4v) is 6.50. The fraction of sp³-hybridized carbons (Fsp3) is 0.720. The van der Waals surface area contributed by atoms with E-state index in [9.17, 15) is 19.3 Å². The smallest absolute Gasteiger partial charge is 0.406 e. The van der Waals surface area contributed by atoms with E-state index in [4.69, 9.17) is 24.3 Å². The normalized spacial score (nSPS) is 21.7. The van der Waals surface area contributed by atoms with E-state index in [1.165, 1.54) is 13.3 Å². The average Bonchev–Trinajstić information content (AvgIpc) is 3.49. The Morgan fingerprint density at radius 3 is 2.66 bits per heavy atom. The van der Waals surface area contributed by atoms with Crippen molar-refractivity contribution in [2.24, 2.45) is 11.3 Å². The van der Waals surface area contributed by atoms with Crippen molar-refractivity contribution in [3.63, 3.8) is 0 Å². The molecule has 0 amide bonds. The number of carbonyl (C=O) groups is 2. The van der Waals surface area contributed by atoms with E-state index in [1.54, 1.807) is 34.0 Å². The topological polar surface area (TPSA) is 190 Å². The lowest BCUT2D eigenvalue weighted by Gasteiger charge is -2.24. The molecule has 2 aromatic heterocycles. The van der Waals surface area contributed by atoms with E-state index in [-0.39, 0.29) is 55.0 Å². The number of ether oxygens (including phenoxy) is 2. The van der Waals surface area contributed by atoms with Gasteiger partial charge in [-0.2, -0.15) is 0 Å². The molecule has 3 rings (SSSR count). The molecule has 0 bridgehead atoms. The molecule has 0 radical (unpaired) electrons. The van der Waals surface area contributed by atoms with Crippen molar-refractivity contribution >= 4 is 47.6 Å². The molecule has 0 saturated carbocycles. The zero-order chi connectivity index (χ0) is 30.4. The van der Waals surface area contributed by atoms with Crippen LogP contribution in [0, 0.1) is 11.3 Å². The van der Waals surface area contributed by atoms with Crippen LogP contribution >= 0.6 is 19.5 Å². The van der Waals surface area contributed by atoms with Crippen LogP contribution in [-0.4, -0.2) is 79.5 Å². The van der Waals surface area contributed by atoms with Gasteiger partial charge in [0.2, 0.25) is 0 Å². The number of aliphatic hydroxyl groups excluding tert-OH is 1. The van der Waals surface area contributed by atoms with Gasteiger partial charge in [0, 0.05) is 11.7 Å². The number of aromatic nitrogens is 4. The summed E-state index contributed by atoms with van der Waals surface area (Å²) >= 11 is 0.963. The Balaban J connectivity index is 1.59. The SMILES string of the molecule is CC(C)OC(=O)C(C)NP(=O)(OCCSC(=O)C(C)(C)CO)OCCC1CC(C)C(n2cnc3c(N)ncnc32)O1. The number of thioether (sulfide) groups is 1. The highest BCUT2D eigenvalue weighted by Crippen LogP contribution is 2.45. The van der Waals surface area contributed by atoms with E-state index >= 15 is 0 Å². The molecule has 5 atom stereocenters. The highest BCUT2D eigenvalue weighted by molar-refractivity contribution is 8.13. The second-order valence-corrected chi connectivity index (χ2v) is 13.7. The molecule has 0 spiro atoms. The number of nitrogens with zero attached hydrogens (tertiary/aromatic N) is 4. The molecular weight excluding hydrogens is 575 g/mol. The van der Waals surface area contributed by atoms with E-state index < -0.39 is 25.2 Å². The Kier molecular flexibility index (Phi) is 11.7. The summed E-state index contributed by atoms with van der Waals surface area (Å²) < 4.78 is 38.2. The summed E-state index contributed by atoms with van der Waals surface area (Å²) in [5.74, 6) is -0.00763. The van der Waals surface area contributed by atoms with Crippen LogP contribution in [0.25, 0.3) is 11.2 Å². The van der Waals surface area contributed by atoms with Crippen molar-refractivity contribution in [3.8, 4) is 0 Å². The molecule has 4 N–H and O–H groups in total. The molecule has 5 unspecified atom stereocenters. The Hall–Kier alpha value is -2.13. The minimum Gasteiger partial charge on any atom is -0.462 e. The molecule has 0 aliphatic carbocycles. The van der Waals surface area contributed by atoms with Crippen molar-refractivity contribution in [2.75, 3.05) is 31.3 Å². The Labute approximate surface area is 244 Å². The minimum atomic E-state index is -3.98. The van der Waals surface area contributed by atoms with Gasteiger partial charge in [-0.1, -0.05) is 18.7 Å². The van der Waals surface area contributed by atoms with Crippen LogP contribution in [0.2, 0.25) is 0 Å². The maximum Gasteiger partial charge on any atom is 0.406 e. The predicted molar refractivity (Wildman–Crippen MR) is 154 cm³/mol. The van der Waals surface area contributed by atoms with Gasteiger partial charge in [0.15, 0.2) is 16.6 Å². The molecule has 0 aromatic carbocycles. The lowest BCUT2D eigenvalue weighted by atomic mass is 9.97. The van der Waals surface area contributed by atoms with Crippen molar-refractivity contribution in [2.45, 2.75) is 78.9 Å².